The summed E-state index contributed by atoms with van der Waals surface area (Å²) in [4.78, 5) is 24.7. The van der Waals surface area contributed by atoms with Crippen LogP contribution in [-0.4, -0.2) is 31.0 Å². The van der Waals surface area contributed by atoms with Crippen LogP contribution >= 0.6 is 0 Å². The third-order valence-corrected chi connectivity index (χ3v) is 6.18. The van der Waals surface area contributed by atoms with E-state index in [1.807, 2.05) is 4.98 Å². The summed E-state index contributed by atoms with van der Waals surface area (Å²) in [6.07, 6.45) is -1.86. The fourth-order valence-corrected chi connectivity index (χ4v) is 4.20. The Labute approximate surface area is 186 Å². The van der Waals surface area contributed by atoms with E-state index in [2.05, 4.69) is 4.72 Å². The summed E-state index contributed by atoms with van der Waals surface area (Å²) < 4.78 is 72.0. The summed E-state index contributed by atoms with van der Waals surface area (Å²) in [6.45, 7) is 0.741. The zero-order valence-electron chi connectivity index (χ0n) is 17.3. The molecule has 0 spiro atoms. The Balaban J connectivity index is 1.72. The predicted molar refractivity (Wildman–Crippen MR) is 114 cm³/mol. The molecule has 3 rings (SSSR count). The third-order valence-electron chi connectivity index (χ3n) is 4.62. The molecule has 0 fully saturated rings. The molecule has 8 nitrogen and oxygen atoms in total. The number of rotatable bonds is 9. The highest BCUT2D eigenvalue weighted by Crippen LogP contribution is 2.22. The van der Waals surface area contributed by atoms with Crippen LogP contribution < -0.4 is 20.7 Å². The number of aromatic amines is 1. The van der Waals surface area contributed by atoms with Gasteiger partial charge in [0.25, 0.3) is 12.0 Å². The van der Waals surface area contributed by atoms with Crippen molar-refractivity contribution in [3.63, 3.8) is 0 Å². The zero-order chi connectivity index (χ0) is 24.2. The Hall–Kier alpha value is -3.38. The van der Waals surface area contributed by atoms with Crippen LogP contribution in [0.25, 0.3) is 0 Å². The van der Waals surface area contributed by atoms with Crippen molar-refractivity contribution >= 4 is 10.0 Å². The van der Waals surface area contributed by atoms with Crippen molar-refractivity contribution in [2.75, 3.05) is 6.61 Å². The number of aromatic nitrogens is 2. The molecule has 0 bridgehead atoms. The maximum absolute atomic E-state index is 13.4. The summed E-state index contributed by atoms with van der Waals surface area (Å²) in [5, 5.41) is 0. The van der Waals surface area contributed by atoms with Crippen LogP contribution in [0.5, 0.6) is 5.75 Å². The molecule has 0 saturated heterocycles. The Morgan fingerprint density at radius 2 is 1.82 bits per heavy atom. The van der Waals surface area contributed by atoms with Crippen LogP contribution in [0, 0.1) is 5.82 Å². The van der Waals surface area contributed by atoms with Crippen LogP contribution in [0.1, 0.15) is 24.1 Å². The van der Waals surface area contributed by atoms with Gasteiger partial charge >= 0.3 is 5.69 Å². The highest BCUT2D eigenvalue weighted by molar-refractivity contribution is 7.89. The minimum absolute atomic E-state index is 0.0526. The monoisotopic (exact) mass is 483 g/mol. The van der Waals surface area contributed by atoms with E-state index in [9.17, 15) is 31.2 Å². The van der Waals surface area contributed by atoms with Crippen molar-refractivity contribution in [2.24, 2.45) is 0 Å². The van der Waals surface area contributed by atoms with Gasteiger partial charge in [0.05, 0.1) is 17.6 Å². The van der Waals surface area contributed by atoms with Gasteiger partial charge < -0.3 is 4.74 Å². The Bertz CT molecular complexity index is 1340. The first-order valence-corrected chi connectivity index (χ1v) is 11.1. The van der Waals surface area contributed by atoms with Crippen molar-refractivity contribution in [1.29, 1.82) is 0 Å². The molecule has 2 N–H and O–H groups in total. The molecule has 0 saturated carbocycles. The number of benzene rings is 2. The van der Waals surface area contributed by atoms with Gasteiger partial charge in [0, 0.05) is 6.04 Å². The second kappa shape index (κ2) is 10.0. The predicted octanol–water partition coefficient (Wildman–Crippen LogP) is 2.41. The van der Waals surface area contributed by atoms with Crippen molar-refractivity contribution in [3.8, 4) is 5.75 Å². The number of H-pyrrole nitrogens is 1. The lowest BCUT2D eigenvalue weighted by molar-refractivity contribution is 0.0818. The average molecular weight is 483 g/mol. The van der Waals surface area contributed by atoms with Crippen LogP contribution in [0.2, 0.25) is 0 Å². The molecule has 0 aliphatic heterocycles. The summed E-state index contributed by atoms with van der Waals surface area (Å²) in [5.41, 5.74) is -0.904. The average Bonchev–Trinajstić information content (AvgIpc) is 2.76. The lowest BCUT2D eigenvalue weighted by Gasteiger charge is -2.16. The molecule has 33 heavy (non-hydrogen) atoms. The molecule has 1 aromatic heterocycles. The van der Waals surface area contributed by atoms with E-state index in [-0.39, 0.29) is 17.2 Å². The number of nitrogens with zero attached hydrogens (tertiary/aromatic N) is 1. The zero-order valence-corrected chi connectivity index (χ0v) is 18.1. The molecular formula is C21H20F3N3O5S. The molecule has 1 atom stereocenters. The van der Waals surface area contributed by atoms with E-state index >= 15 is 0 Å². The molecule has 0 aliphatic carbocycles. The van der Waals surface area contributed by atoms with E-state index in [1.165, 1.54) is 36.4 Å². The lowest BCUT2D eigenvalue weighted by atomic mass is 10.1. The van der Waals surface area contributed by atoms with Gasteiger partial charge in [-0.05, 0) is 42.3 Å². The first kappa shape index (κ1) is 24.3. The van der Waals surface area contributed by atoms with Crippen LogP contribution in [0.4, 0.5) is 13.2 Å². The molecule has 12 heteroatoms. The quantitative estimate of drug-likeness (QED) is 0.486. The lowest BCUT2D eigenvalue weighted by Crippen LogP contribution is -2.31. The van der Waals surface area contributed by atoms with E-state index in [1.54, 1.807) is 19.1 Å². The van der Waals surface area contributed by atoms with Gasteiger partial charge in [0.15, 0.2) is 0 Å². The minimum atomic E-state index is -3.94. The van der Waals surface area contributed by atoms with Gasteiger partial charge in [-0.25, -0.2) is 26.7 Å². The molecule has 0 amide bonds. The Kier molecular flexibility index (Phi) is 7.39. The molecular weight excluding hydrogens is 463 g/mol. The van der Waals surface area contributed by atoms with Crippen LogP contribution in [-0.2, 0) is 16.6 Å². The molecule has 1 heterocycles. The van der Waals surface area contributed by atoms with E-state index in [4.69, 9.17) is 4.74 Å². The van der Waals surface area contributed by atoms with E-state index in [0.717, 1.165) is 10.8 Å². The number of ether oxygens (including phenoxy) is 1. The number of sulfonamides is 1. The molecule has 0 unspecified atom stereocenters. The minimum Gasteiger partial charge on any atom is -0.488 e. The Morgan fingerprint density at radius 1 is 1.12 bits per heavy atom. The number of nitrogens with one attached hydrogen (secondary N) is 2. The molecule has 2 aromatic carbocycles. The van der Waals surface area contributed by atoms with Gasteiger partial charge in [-0.3, -0.25) is 14.3 Å². The standard InChI is InChI=1S/C21H20F3N3O5S/c1-13(15-3-2-4-16(9-15)32-12-19(23)24)26-33(30,31)17-7-5-14(6-8-17)10-27-11-18(22)20(28)25-21(27)29/h2-9,11,13,19,26H,10,12H2,1H3,(H,25,28,29)/t13-/m1/s1. The number of hydrogen-bond donors (Lipinski definition) is 2. The number of alkyl halides is 2. The maximum Gasteiger partial charge on any atom is 0.328 e. The topological polar surface area (TPSA) is 110 Å². The van der Waals surface area contributed by atoms with Crippen molar-refractivity contribution in [2.45, 2.75) is 30.8 Å². The van der Waals surface area contributed by atoms with Crippen molar-refractivity contribution < 1.29 is 26.3 Å². The van der Waals surface area contributed by atoms with Gasteiger partial charge in [-0.15, -0.1) is 0 Å². The van der Waals surface area contributed by atoms with E-state index < -0.39 is 46.2 Å². The summed E-state index contributed by atoms with van der Waals surface area (Å²) >= 11 is 0. The van der Waals surface area contributed by atoms with Crippen molar-refractivity contribution in [1.82, 2.24) is 14.3 Å². The first-order valence-electron chi connectivity index (χ1n) is 9.66. The SMILES string of the molecule is C[C@@H](NS(=O)(=O)c1ccc(Cn2cc(F)c(=O)[nH]c2=O)cc1)c1cccc(OCC(F)F)c1. The smallest absolute Gasteiger partial charge is 0.328 e. The second-order valence-corrected chi connectivity index (χ2v) is 8.84. The van der Waals surface area contributed by atoms with Gasteiger partial charge in [-0.2, -0.15) is 4.39 Å². The second-order valence-electron chi connectivity index (χ2n) is 7.13. The fraction of sp³-hybridized carbons (Fsp3) is 0.238. The largest absolute Gasteiger partial charge is 0.488 e. The van der Waals surface area contributed by atoms with Crippen LogP contribution in [0.3, 0.4) is 0 Å². The number of halogens is 3. The van der Waals surface area contributed by atoms with Crippen molar-refractivity contribution in [3.05, 3.63) is 92.5 Å². The first-order chi connectivity index (χ1) is 15.5. The number of hydrogen-bond acceptors (Lipinski definition) is 5. The van der Waals surface area contributed by atoms with Gasteiger partial charge in [0.1, 0.15) is 12.4 Å². The molecule has 0 aliphatic rings. The Morgan fingerprint density at radius 3 is 2.48 bits per heavy atom. The van der Waals surface area contributed by atoms with Gasteiger partial charge in [-0.1, -0.05) is 24.3 Å². The third kappa shape index (κ3) is 6.33. The van der Waals surface area contributed by atoms with Crippen LogP contribution in [0.15, 0.2) is 69.2 Å². The van der Waals surface area contributed by atoms with Gasteiger partial charge in [0.2, 0.25) is 15.8 Å². The molecule has 176 valence electrons. The normalized spacial score (nSPS) is 12.6. The van der Waals surface area contributed by atoms with E-state index in [0.29, 0.717) is 11.1 Å². The fourth-order valence-electron chi connectivity index (χ4n) is 2.97. The maximum atomic E-state index is 13.4. The summed E-state index contributed by atoms with van der Waals surface area (Å²) in [5.74, 6) is -0.923. The molecule has 3 aromatic rings. The highest BCUT2D eigenvalue weighted by Gasteiger charge is 2.19. The molecule has 0 radical (unpaired) electrons. The highest BCUT2D eigenvalue weighted by atomic mass is 32.2. The summed E-state index contributed by atoms with van der Waals surface area (Å²) in [7, 11) is -3.94. The summed E-state index contributed by atoms with van der Waals surface area (Å²) in [6, 6.07) is 11.0.